The van der Waals surface area contributed by atoms with Crippen LogP contribution in [0.25, 0.3) is 0 Å². The van der Waals surface area contributed by atoms with Gasteiger partial charge in [0.1, 0.15) is 6.17 Å². The molecule has 1 amide bonds. The largest absolute Gasteiger partial charge is 0.318 e. The third-order valence-corrected chi connectivity index (χ3v) is 5.91. The first kappa shape index (κ1) is 15.0. The quantitative estimate of drug-likeness (QED) is 0.931. The van der Waals surface area contributed by atoms with Gasteiger partial charge < -0.3 is 9.80 Å². The Labute approximate surface area is 131 Å². The number of amides is 1. The van der Waals surface area contributed by atoms with Gasteiger partial charge in [0, 0.05) is 23.5 Å². The van der Waals surface area contributed by atoms with Crippen molar-refractivity contribution >= 4 is 17.2 Å². The summed E-state index contributed by atoms with van der Waals surface area (Å²) < 4.78 is 0. The first-order chi connectivity index (χ1) is 10.1. The van der Waals surface area contributed by atoms with Gasteiger partial charge in [0.25, 0.3) is 0 Å². The van der Waals surface area contributed by atoms with Gasteiger partial charge in [-0.25, -0.2) is 0 Å². The van der Waals surface area contributed by atoms with Gasteiger partial charge in [-0.1, -0.05) is 13.0 Å². The molecule has 0 aromatic carbocycles. The molecule has 1 aromatic heterocycles. The average molecular weight is 307 g/mol. The molecule has 2 aliphatic rings. The normalized spacial score (nSPS) is 34.6. The Morgan fingerprint density at radius 2 is 2.29 bits per heavy atom. The van der Waals surface area contributed by atoms with Crippen LogP contribution in [0.15, 0.2) is 17.5 Å². The van der Waals surface area contributed by atoms with Gasteiger partial charge >= 0.3 is 0 Å². The molecule has 5 heteroatoms. The molecule has 4 unspecified atom stereocenters. The highest BCUT2D eigenvalue weighted by molar-refractivity contribution is 7.10. The molecule has 3 heterocycles. The van der Waals surface area contributed by atoms with Crippen molar-refractivity contribution in [2.24, 2.45) is 0 Å². The van der Waals surface area contributed by atoms with Gasteiger partial charge in [0.15, 0.2) is 0 Å². The third-order valence-electron chi connectivity index (χ3n) is 4.98. The third kappa shape index (κ3) is 2.74. The highest BCUT2D eigenvalue weighted by Gasteiger charge is 2.44. The van der Waals surface area contributed by atoms with Crippen molar-refractivity contribution in [3.8, 4) is 0 Å². The molecule has 0 bridgehead atoms. The fourth-order valence-electron chi connectivity index (χ4n) is 3.52. The number of hydrogen-bond donors (Lipinski definition) is 1. The van der Waals surface area contributed by atoms with Crippen molar-refractivity contribution in [3.05, 3.63) is 22.4 Å². The lowest BCUT2D eigenvalue weighted by atomic mass is 9.97. The molecular weight excluding hydrogens is 282 g/mol. The standard InChI is InChI=1S/C16H25N3OS/c1-4-13-16(20)19(12-7-8-18(3)11(2)10-12)15(17-13)14-6-5-9-21-14/h5-6,9,11-13,15,17H,4,7-8,10H2,1-3H3. The summed E-state index contributed by atoms with van der Waals surface area (Å²) in [5, 5.41) is 5.63. The van der Waals surface area contributed by atoms with Crippen LogP contribution in [-0.4, -0.2) is 47.4 Å². The second-order valence-corrected chi connectivity index (χ2v) is 7.28. The Hall–Kier alpha value is -0.910. The van der Waals surface area contributed by atoms with E-state index in [2.05, 4.69) is 53.5 Å². The zero-order valence-electron chi connectivity index (χ0n) is 13.1. The van der Waals surface area contributed by atoms with Crippen LogP contribution in [0.1, 0.15) is 44.2 Å². The summed E-state index contributed by atoms with van der Waals surface area (Å²) in [6, 6.07) is 5.09. The second-order valence-electron chi connectivity index (χ2n) is 6.30. The summed E-state index contributed by atoms with van der Waals surface area (Å²) in [7, 11) is 2.18. The van der Waals surface area contributed by atoms with E-state index in [0.29, 0.717) is 12.1 Å². The molecule has 21 heavy (non-hydrogen) atoms. The van der Waals surface area contributed by atoms with Crippen LogP contribution in [0.3, 0.4) is 0 Å². The van der Waals surface area contributed by atoms with Crippen LogP contribution in [0.4, 0.5) is 0 Å². The number of rotatable bonds is 3. The predicted molar refractivity (Wildman–Crippen MR) is 86.2 cm³/mol. The summed E-state index contributed by atoms with van der Waals surface area (Å²) in [6.45, 7) is 5.42. The summed E-state index contributed by atoms with van der Waals surface area (Å²) in [6.07, 6.45) is 3.08. The molecule has 4 atom stereocenters. The van der Waals surface area contributed by atoms with E-state index >= 15 is 0 Å². The van der Waals surface area contributed by atoms with Gasteiger partial charge in [-0.3, -0.25) is 10.1 Å². The number of nitrogens with one attached hydrogen (secondary N) is 1. The van der Waals surface area contributed by atoms with E-state index in [4.69, 9.17) is 0 Å². The molecule has 0 aliphatic carbocycles. The van der Waals surface area contributed by atoms with Crippen LogP contribution in [0, 0.1) is 0 Å². The van der Waals surface area contributed by atoms with Crippen LogP contribution >= 0.6 is 11.3 Å². The Balaban J connectivity index is 1.84. The number of carbonyl (C=O) groups is 1. The van der Waals surface area contributed by atoms with Crippen LogP contribution < -0.4 is 5.32 Å². The number of hydrogen-bond acceptors (Lipinski definition) is 4. The van der Waals surface area contributed by atoms with E-state index in [0.717, 1.165) is 25.8 Å². The number of piperidine rings is 1. The number of thiophene rings is 1. The maximum Gasteiger partial charge on any atom is 0.241 e. The minimum atomic E-state index is -0.0212. The van der Waals surface area contributed by atoms with Crippen molar-refractivity contribution in [2.45, 2.75) is 57.4 Å². The Morgan fingerprint density at radius 1 is 1.48 bits per heavy atom. The van der Waals surface area contributed by atoms with E-state index in [1.807, 2.05) is 0 Å². The van der Waals surface area contributed by atoms with E-state index in [9.17, 15) is 4.79 Å². The highest BCUT2D eigenvalue weighted by atomic mass is 32.1. The Morgan fingerprint density at radius 3 is 2.90 bits per heavy atom. The fraction of sp³-hybridized carbons (Fsp3) is 0.688. The molecule has 0 radical (unpaired) electrons. The number of nitrogens with zero attached hydrogens (tertiary/aromatic N) is 2. The smallest absolute Gasteiger partial charge is 0.241 e. The summed E-state index contributed by atoms with van der Waals surface area (Å²) in [5.74, 6) is 0.289. The van der Waals surface area contributed by atoms with E-state index in [1.165, 1.54) is 4.88 Å². The zero-order chi connectivity index (χ0) is 15.0. The highest BCUT2D eigenvalue weighted by Crippen LogP contribution is 2.34. The lowest BCUT2D eigenvalue weighted by Gasteiger charge is -2.41. The van der Waals surface area contributed by atoms with E-state index in [-0.39, 0.29) is 18.1 Å². The molecule has 2 fully saturated rings. The van der Waals surface area contributed by atoms with E-state index in [1.54, 1.807) is 11.3 Å². The van der Waals surface area contributed by atoms with Crippen LogP contribution in [-0.2, 0) is 4.79 Å². The molecular formula is C16H25N3OS. The van der Waals surface area contributed by atoms with Crippen molar-refractivity contribution in [1.29, 1.82) is 0 Å². The predicted octanol–water partition coefficient (Wildman–Crippen LogP) is 2.44. The maximum atomic E-state index is 12.8. The Kier molecular flexibility index (Phi) is 4.33. The van der Waals surface area contributed by atoms with Crippen molar-refractivity contribution < 1.29 is 4.79 Å². The molecule has 4 nitrogen and oxygen atoms in total. The summed E-state index contributed by atoms with van der Waals surface area (Å²) in [5.41, 5.74) is 0. The van der Waals surface area contributed by atoms with Gasteiger partial charge in [-0.2, -0.15) is 0 Å². The summed E-state index contributed by atoms with van der Waals surface area (Å²) >= 11 is 1.74. The van der Waals surface area contributed by atoms with Gasteiger partial charge in [-0.05, 0) is 44.7 Å². The molecule has 3 rings (SSSR count). The lowest BCUT2D eigenvalue weighted by molar-refractivity contribution is -0.133. The molecule has 0 saturated carbocycles. The monoisotopic (exact) mass is 307 g/mol. The lowest BCUT2D eigenvalue weighted by Crippen LogP contribution is -2.49. The Bertz CT molecular complexity index is 490. The van der Waals surface area contributed by atoms with Gasteiger partial charge in [-0.15, -0.1) is 11.3 Å². The molecule has 2 saturated heterocycles. The van der Waals surface area contributed by atoms with Crippen LogP contribution in [0.2, 0.25) is 0 Å². The number of carbonyl (C=O) groups excluding carboxylic acids is 1. The number of likely N-dealkylation sites (tertiary alicyclic amines) is 1. The fourth-order valence-corrected chi connectivity index (χ4v) is 4.30. The second kappa shape index (κ2) is 6.07. The topological polar surface area (TPSA) is 35.6 Å². The molecule has 116 valence electrons. The molecule has 0 spiro atoms. The molecule has 1 aromatic rings. The zero-order valence-corrected chi connectivity index (χ0v) is 13.9. The van der Waals surface area contributed by atoms with Gasteiger partial charge in [0.05, 0.1) is 6.04 Å². The minimum Gasteiger partial charge on any atom is -0.318 e. The summed E-state index contributed by atoms with van der Waals surface area (Å²) in [4.78, 5) is 18.6. The van der Waals surface area contributed by atoms with Gasteiger partial charge in [0.2, 0.25) is 5.91 Å². The van der Waals surface area contributed by atoms with Crippen LogP contribution in [0.5, 0.6) is 0 Å². The molecule has 2 aliphatic heterocycles. The van der Waals surface area contributed by atoms with Crippen molar-refractivity contribution in [1.82, 2.24) is 15.1 Å². The SMILES string of the molecule is CCC1NC(c2cccs2)N(C2CCN(C)C(C)C2)C1=O. The maximum absolute atomic E-state index is 12.8. The van der Waals surface area contributed by atoms with E-state index < -0.39 is 0 Å². The van der Waals surface area contributed by atoms with Crippen molar-refractivity contribution in [2.75, 3.05) is 13.6 Å². The van der Waals surface area contributed by atoms with Crippen molar-refractivity contribution in [3.63, 3.8) is 0 Å². The first-order valence-corrected chi connectivity index (χ1v) is 8.81. The average Bonchev–Trinajstić information content (AvgIpc) is 3.09. The minimum absolute atomic E-state index is 0.0212. The molecule has 1 N–H and O–H groups in total. The first-order valence-electron chi connectivity index (χ1n) is 7.93.